The Morgan fingerprint density at radius 1 is 1.17 bits per heavy atom. The van der Waals surface area contributed by atoms with E-state index in [4.69, 9.17) is 4.74 Å². The maximum absolute atomic E-state index is 9.45. The molecule has 2 rings (SSSR count). The number of rotatable bonds is 4. The molecule has 2 heteroatoms. The Kier molecular flexibility index (Phi) is 4.00. The third-order valence-corrected chi connectivity index (χ3v) is 2.85. The van der Waals surface area contributed by atoms with Crippen LogP contribution in [0.2, 0.25) is 0 Å². The molecule has 93 valence electrons. The number of aliphatic hydroxyl groups excluding tert-OH is 1. The second kappa shape index (κ2) is 5.69. The van der Waals surface area contributed by atoms with E-state index < -0.39 is 6.10 Å². The number of aryl methyl sites for hydroxylation is 1. The Morgan fingerprint density at radius 2 is 1.89 bits per heavy atom. The molecule has 18 heavy (non-hydrogen) atoms. The maximum atomic E-state index is 9.45. The first kappa shape index (κ1) is 12.7. The predicted molar refractivity (Wildman–Crippen MR) is 72.3 cm³/mol. The zero-order valence-corrected chi connectivity index (χ0v) is 10.5. The zero-order valence-electron chi connectivity index (χ0n) is 10.5. The van der Waals surface area contributed by atoms with Crippen molar-refractivity contribution in [2.75, 3.05) is 0 Å². The average Bonchev–Trinajstić information content (AvgIpc) is 2.37. The minimum atomic E-state index is -0.687. The molecule has 2 nitrogen and oxygen atoms in total. The van der Waals surface area contributed by atoms with Crippen molar-refractivity contribution in [3.8, 4) is 5.75 Å². The molecule has 1 atom stereocenters. The predicted octanol–water partition coefficient (Wildman–Crippen LogP) is 3.44. The Labute approximate surface area is 108 Å². The first-order valence-corrected chi connectivity index (χ1v) is 5.95. The highest BCUT2D eigenvalue weighted by atomic mass is 16.5. The summed E-state index contributed by atoms with van der Waals surface area (Å²) >= 11 is 0. The Bertz CT molecular complexity index is 504. The zero-order chi connectivity index (χ0) is 13.0. The standard InChI is InChI=1S/C16H17O2/c1-12-10-15(8-9-16(12)13(2)17)18-11-14-6-4-3-5-7-14/h3-10,13,17H,2,11H2,1H3. The van der Waals surface area contributed by atoms with E-state index >= 15 is 0 Å². The summed E-state index contributed by atoms with van der Waals surface area (Å²) < 4.78 is 5.71. The van der Waals surface area contributed by atoms with Gasteiger partial charge in [0.2, 0.25) is 0 Å². The van der Waals surface area contributed by atoms with E-state index in [1.54, 1.807) is 0 Å². The van der Waals surface area contributed by atoms with Crippen molar-refractivity contribution in [1.29, 1.82) is 0 Å². The van der Waals surface area contributed by atoms with Crippen LogP contribution in [0.25, 0.3) is 0 Å². The van der Waals surface area contributed by atoms with Gasteiger partial charge in [-0.15, -0.1) is 0 Å². The molecule has 0 spiro atoms. The van der Waals surface area contributed by atoms with Crippen molar-refractivity contribution in [3.05, 3.63) is 72.1 Å². The lowest BCUT2D eigenvalue weighted by molar-refractivity contribution is 0.225. The first-order valence-electron chi connectivity index (χ1n) is 5.95. The summed E-state index contributed by atoms with van der Waals surface area (Å²) in [5, 5.41) is 9.45. The molecular formula is C16H17O2. The summed E-state index contributed by atoms with van der Waals surface area (Å²) in [6, 6.07) is 15.7. The number of hydrogen-bond donors (Lipinski definition) is 1. The number of aliphatic hydroxyl groups is 1. The first-order chi connectivity index (χ1) is 8.66. The maximum Gasteiger partial charge on any atom is 0.120 e. The third-order valence-electron chi connectivity index (χ3n) is 2.85. The van der Waals surface area contributed by atoms with Crippen LogP contribution in [0.3, 0.4) is 0 Å². The molecular weight excluding hydrogens is 224 g/mol. The topological polar surface area (TPSA) is 29.5 Å². The quantitative estimate of drug-likeness (QED) is 0.888. The molecule has 0 saturated carbocycles. The molecule has 0 aliphatic rings. The molecule has 2 aromatic carbocycles. The molecule has 1 unspecified atom stereocenters. The largest absolute Gasteiger partial charge is 0.489 e. The second-order valence-electron chi connectivity index (χ2n) is 4.31. The SMILES string of the molecule is [CH2]C(O)c1ccc(OCc2ccccc2)cc1C. The van der Waals surface area contributed by atoms with Crippen LogP contribution in [0.15, 0.2) is 48.5 Å². The second-order valence-corrected chi connectivity index (χ2v) is 4.31. The van der Waals surface area contributed by atoms with E-state index in [0.717, 1.165) is 22.4 Å². The molecule has 0 fully saturated rings. The van der Waals surface area contributed by atoms with E-state index in [1.165, 1.54) is 0 Å². The van der Waals surface area contributed by atoms with Gasteiger partial charge in [-0.1, -0.05) is 36.4 Å². The van der Waals surface area contributed by atoms with Gasteiger partial charge < -0.3 is 9.84 Å². The minimum Gasteiger partial charge on any atom is -0.489 e. The van der Waals surface area contributed by atoms with E-state index in [1.807, 2.05) is 55.5 Å². The van der Waals surface area contributed by atoms with E-state index in [9.17, 15) is 5.11 Å². The van der Waals surface area contributed by atoms with E-state index in [2.05, 4.69) is 6.92 Å². The van der Waals surface area contributed by atoms with Crippen LogP contribution in [-0.2, 0) is 6.61 Å². The Balaban J connectivity index is 2.05. The van der Waals surface area contributed by atoms with Crippen LogP contribution >= 0.6 is 0 Å². The van der Waals surface area contributed by atoms with Gasteiger partial charge in [0.25, 0.3) is 0 Å². The molecule has 0 aliphatic heterocycles. The summed E-state index contributed by atoms with van der Waals surface area (Å²) in [5.41, 5.74) is 2.96. The molecule has 0 saturated heterocycles. The van der Waals surface area contributed by atoms with Gasteiger partial charge in [0.1, 0.15) is 12.4 Å². The summed E-state index contributed by atoms with van der Waals surface area (Å²) in [7, 11) is 0. The highest BCUT2D eigenvalue weighted by Crippen LogP contribution is 2.22. The molecule has 0 bridgehead atoms. The minimum absolute atomic E-state index is 0.548. The van der Waals surface area contributed by atoms with Gasteiger partial charge in [0, 0.05) is 0 Å². The van der Waals surface area contributed by atoms with Crippen LogP contribution in [0.1, 0.15) is 22.8 Å². The average molecular weight is 241 g/mol. The fourth-order valence-corrected chi connectivity index (χ4v) is 1.85. The normalized spacial score (nSPS) is 12.2. The van der Waals surface area contributed by atoms with Gasteiger partial charge in [-0.3, -0.25) is 0 Å². The van der Waals surface area contributed by atoms with Crippen molar-refractivity contribution in [2.45, 2.75) is 19.6 Å². The smallest absolute Gasteiger partial charge is 0.120 e. The van der Waals surface area contributed by atoms with Crippen LogP contribution in [0.5, 0.6) is 5.75 Å². The van der Waals surface area contributed by atoms with Crippen LogP contribution in [0.4, 0.5) is 0 Å². The van der Waals surface area contributed by atoms with Crippen molar-refractivity contribution in [2.24, 2.45) is 0 Å². The van der Waals surface area contributed by atoms with Gasteiger partial charge >= 0.3 is 0 Å². The number of ether oxygens (including phenoxy) is 1. The van der Waals surface area contributed by atoms with Gasteiger partial charge in [-0.2, -0.15) is 0 Å². The van der Waals surface area contributed by atoms with Crippen molar-refractivity contribution in [1.82, 2.24) is 0 Å². The summed E-state index contributed by atoms with van der Waals surface area (Å²) in [5.74, 6) is 0.806. The van der Waals surface area contributed by atoms with Crippen LogP contribution < -0.4 is 4.74 Å². The number of hydrogen-bond acceptors (Lipinski definition) is 2. The molecule has 2 aromatic rings. The molecule has 0 aliphatic carbocycles. The lowest BCUT2D eigenvalue weighted by atomic mass is 10.0. The van der Waals surface area contributed by atoms with Crippen LogP contribution in [0, 0.1) is 13.8 Å². The van der Waals surface area contributed by atoms with Gasteiger partial charge in [-0.25, -0.2) is 0 Å². The van der Waals surface area contributed by atoms with Crippen molar-refractivity contribution in [3.63, 3.8) is 0 Å². The van der Waals surface area contributed by atoms with Crippen molar-refractivity contribution < 1.29 is 9.84 Å². The molecule has 0 aromatic heterocycles. The molecule has 1 radical (unpaired) electrons. The van der Waals surface area contributed by atoms with Gasteiger partial charge in [-0.05, 0) is 42.7 Å². The molecule has 0 amide bonds. The Hall–Kier alpha value is -1.80. The Morgan fingerprint density at radius 3 is 2.50 bits per heavy atom. The highest BCUT2D eigenvalue weighted by molar-refractivity contribution is 5.36. The highest BCUT2D eigenvalue weighted by Gasteiger charge is 2.06. The van der Waals surface area contributed by atoms with Gasteiger partial charge in [0.05, 0.1) is 6.10 Å². The van der Waals surface area contributed by atoms with Crippen LogP contribution in [-0.4, -0.2) is 5.11 Å². The fourth-order valence-electron chi connectivity index (χ4n) is 1.85. The molecule has 0 heterocycles. The van der Waals surface area contributed by atoms with E-state index in [-0.39, 0.29) is 0 Å². The van der Waals surface area contributed by atoms with Gasteiger partial charge in [0.15, 0.2) is 0 Å². The lowest BCUT2D eigenvalue weighted by Crippen LogP contribution is -1.98. The monoisotopic (exact) mass is 241 g/mol. The third kappa shape index (κ3) is 3.11. The summed E-state index contributed by atoms with van der Waals surface area (Å²) in [4.78, 5) is 0. The van der Waals surface area contributed by atoms with E-state index in [0.29, 0.717) is 6.61 Å². The number of benzene rings is 2. The lowest BCUT2D eigenvalue weighted by Gasteiger charge is -2.11. The summed E-state index contributed by atoms with van der Waals surface area (Å²) in [6.45, 7) is 6.10. The fraction of sp³-hybridized carbons (Fsp3) is 0.188. The summed E-state index contributed by atoms with van der Waals surface area (Å²) in [6.07, 6.45) is -0.687. The molecule has 1 N–H and O–H groups in total. The van der Waals surface area contributed by atoms with Crippen molar-refractivity contribution >= 4 is 0 Å².